The monoisotopic (exact) mass is 314 g/mol. The number of carbonyl (C=O) groups is 1. The van der Waals surface area contributed by atoms with Crippen molar-refractivity contribution in [3.63, 3.8) is 0 Å². The Labute approximate surface area is 136 Å². The molecule has 0 aliphatic carbocycles. The molecule has 1 aliphatic rings. The van der Waals surface area contributed by atoms with Crippen LogP contribution in [0.15, 0.2) is 29.6 Å². The Morgan fingerprint density at radius 1 is 1.41 bits per heavy atom. The van der Waals surface area contributed by atoms with Crippen LogP contribution in [0.2, 0.25) is 0 Å². The lowest BCUT2D eigenvalue weighted by molar-refractivity contribution is -0.118. The smallest absolute Gasteiger partial charge is 0.227 e. The Kier molecular flexibility index (Phi) is 4.30. The van der Waals surface area contributed by atoms with Gasteiger partial charge in [-0.15, -0.1) is 11.3 Å². The topological polar surface area (TPSA) is 33.2 Å². The molecule has 1 aliphatic heterocycles. The van der Waals surface area contributed by atoms with Gasteiger partial charge in [-0.3, -0.25) is 4.79 Å². The molecular weight excluding hydrogens is 292 g/mol. The van der Waals surface area contributed by atoms with Crippen LogP contribution in [0.25, 0.3) is 0 Å². The molecule has 0 radical (unpaired) electrons. The first kappa shape index (κ1) is 15.2. The van der Waals surface area contributed by atoms with E-state index in [1.54, 1.807) is 11.3 Å². The van der Waals surface area contributed by atoms with Crippen LogP contribution in [0.1, 0.15) is 49.4 Å². The Hall–Kier alpha value is -1.68. The number of para-hydroxylation sites is 1. The summed E-state index contributed by atoms with van der Waals surface area (Å²) in [5, 5.41) is 3.18. The van der Waals surface area contributed by atoms with Crippen molar-refractivity contribution < 1.29 is 4.79 Å². The summed E-state index contributed by atoms with van der Waals surface area (Å²) in [5.41, 5.74) is 3.49. The molecule has 0 spiro atoms. The second kappa shape index (κ2) is 6.21. The molecule has 1 atom stereocenters. The number of rotatable bonds is 4. The van der Waals surface area contributed by atoms with Gasteiger partial charge < -0.3 is 4.90 Å². The first-order valence-electron chi connectivity index (χ1n) is 7.90. The second-order valence-electron chi connectivity index (χ2n) is 6.27. The highest BCUT2D eigenvalue weighted by atomic mass is 32.1. The summed E-state index contributed by atoms with van der Waals surface area (Å²) in [6, 6.07) is 8.48. The van der Waals surface area contributed by atoms with Crippen molar-refractivity contribution in [2.75, 3.05) is 4.90 Å². The summed E-state index contributed by atoms with van der Waals surface area (Å²) < 4.78 is 0. The van der Waals surface area contributed by atoms with Crippen molar-refractivity contribution in [2.45, 2.75) is 52.0 Å². The molecule has 1 aromatic heterocycles. The van der Waals surface area contributed by atoms with Gasteiger partial charge >= 0.3 is 0 Å². The number of aryl methyl sites for hydroxylation is 1. The molecule has 4 heteroatoms. The molecular formula is C18H22N2OS. The summed E-state index contributed by atoms with van der Waals surface area (Å²) in [4.78, 5) is 19.2. The van der Waals surface area contributed by atoms with Crippen molar-refractivity contribution in [3.05, 3.63) is 45.9 Å². The van der Waals surface area contributed by atoms with Crippen LogP contribution in [0.5, 0.6) is 0 Å². The van der Waals surface area contributed by atoms with E-state index in [1.807, 2.05) is 17.0 Å². The average Bonchev–Trinajstić information content (AvgIpc) is 3.08. The fourth-order valence-electron chi connectivity index (χ4n) is 2.99. The van der Waals surface area contributed by atoms with E-state index < -0.39 is 0 Å². The molecule has 1 amide bonds. The van der Waals surface area contributed by atoms with Crippen molar-refractivity contribution in [1.29, 1.82) is 0 Å². The first-order valence-corrected chi connectivity index (χ1v) is 8.78. The predicted octanol–water partition coefficient (Wildman–Crippen LogP) is 4.18. The van der Waals surface area contributed by atoms with Crippen LogP contribution in [0.4, 0.5) is 5.69 Å². The second-order valence-corrected chi connectivity index (χ2v) is 7.21. The van der Waals surface area contributed by atoms with E-state index in [9.17, 15) is 4.79 Å². The maximum Gasteiger partial charge on any atom is 0.227 e. The Balaban J connectivity index is 1.67. The third-order valence-electron chi connectivity index (χ3n) is 4.19. The molecule has 0 fully saturated rings. The summed E-state index contributed by atoms with van der Waals surface area (Å²) in [6.07, 6.45) is 2.22. The van der Waals surface area contributed by atoms with Gasteiger partial charge in [0.1, 0.15) is 0 Å². The van der Waals surface area contributed by atoms with Crippen LogP contribution in [0, 0.1) is 0 Å². The molecule has 0 saturated carbocycles. The minimum Gasteiger partial charge on any atom is -0.309 e. The number of nitrogens with zero attached hydrogens (tertiary/aromatic N) is 2. The zero-order valence-electron chi connectivity index (χ0n) is 13.4. The van der Waals surface area contributed by atoms with Gasteiger partial charge in [-0.05, 0) is 30.9 Å². The number of anilines is 1. The van der Waals surface area contributed by atoms with Gasteiger partial charge in [0.05, 0.1) is 10.7 Å². The lowest BCUT2D eigenvalue weighted by Crippen LogP contribution is -2.35. The lowest BCUT2D eigenvalue weighted by atomic mass is 10.1. The van der Waals surface area contributed by atoms with Crippen LogP contribution in [0.3, 0.4) is 0 Å². The average molecular weight is 314 g/mol. The number of benzene rings is 1. The van der Waals surface area contributed by atoms with Gasteiger partial charge in [-0.2, -0.15) is 0 Å². The molecule has 22 heavy (non-hydrogen) atoms. The number of hydrogen-bond acceptors (Lipinski definition) is 3. The predicted molar refractivity (Wildman–Crippen MR) is 91.6 cm³/mol. The number of hydrogen-bond donors (Lipinski definition) is 0. The van der Waals surface area contributed by atoms with E-state index >= 15 is 0 Å². The van der Waals surface area contributed by atoms with E-state index in [1.165, 1.54) is 5.56 Å². The van der Waals surface area contributed by atoms with Gasteiger partial charge in [0.15, 0.2) is 0 Å². The van der Waals surface area contributed by atoms with Gasteiger partial charge in [0.2, 0.25) is 5.91 Å². The lowest BCUT2D eigenvalue weighted by Gasteiger charge is -2.22. The van der Waals surface area contributed by atoms with E-state index in [2.05, 4.69) is 43.3 Å². The van der Waals surface area contributed by atoms with Gasteiger partial charge in [0, 0.05) is 30.0 Å². The highest BCUT2D eigenvalue weighted by Crippen LogP contribution is 2.32. The van der Waals surface area contributed by atoms with E-state index in [0.29, 0.717) is 12.3 Å². The number of amides is 1. The van der Waals surface area contributed by atoms with E-state index in [4.69, 9.17) is 0 Å². The molecule has 0 bridgehead atoms. The zero-order valence-corrected chi connectivity index (χ0v) is 14.2. The summed E-state index contributed by atoms with van der Waals surface area (Å²) >= 11 is 1.67. The fraction of sp³-hybridized carbons (Fsp3) is 0.444. The fourth-order valence-corrected chi connectivity index (χ4v) is 3.94. The molecule has 116 valence electrons. The summed E-state index contributed by atoms with van der Waals surface area (Å²) in [7, 11) is 0. The molecule has 3 rings (SSSR count). The molecule has 1 aromatic carbocycles. The van der Waals surface area contributed by atoms with Crippen molar-refractivity contribution >= 4 is 22.9 Å². The summed E-state index contributed by atoms with van der Waals surface area (Å²) in [5.74, 6) is 0.657. The van der Waals surface area contributed by atoms with E-state index in [0.717, 1.165) is 29.2 Å². The maximum absolute atomic E-state index is 12.6. The molecule has 2 heterocycles. The molecule has 0 saturated heterocycles. The standard InChI is InChI=1S/C18H22N2OS/c1-12(2)15-11-22-17(19-15)8-9-18(21)20-13(3)10-14-6-4-5-7-16(14)20/h4-7,11-13H,8-10H2,1-3H3. The maximum atomic E-state index is 12.6. The minimum atomic E-state index is 0.207. The third kappa shape index (κ3) is 2.93. The Bertz CT molecular complexity index is 677. The normalized spacial score (nSPS) is 17.1. The van der Waals surface area contributed by atoms with Crippen LogP contribution >= 0.6 is 11.3 Å². The van der Waals surface area contributed by atoms with Crippen molar-refractivity contribution in [3.8, 4) is 0 Å². The molecule has 0 N–H and O–H groups in total. The minimum absolute atomic E-state index is 0.207. The Morgan fingerprint density at radius 3 is 2.91 bits per heavy atom. The van der Waals surface area contributed by atoms with Crippen LogP contribution in [-0.4, -0.2) is 16.9 Å². The van der Waals surface area contributed by atoms with Crippen molar-refractivity contribution in [1.82, 2.24) is 4.98 Å². The highest BCUT2D eigenvalue weighted by Gasteiger charge is 2.30. The van der Waals surface area contributed by atoms with Crippen LogP contribution < -0.4 is 4.90 Å². The molecule has 2 aromatic rings. The number of aromatic nitrogens is 1. The number of carbonyl (C=O) groups excluding carboxylic acids is 1. The first-order chi connectivity index (χ1) is 10.6. The SMILES string of the molecule is CC(C)c1csc(CCC(=O)N2c3ccccc3CC2C)n1. The number of thiazole rings is 1. The molecule has 1 unspecified atom stereocenters. The van der Waals surface area contributed by atoms with Gasteiger partial charge in [-0.1, -0.05) is 32.0 Å². The Morgan fingerprint density at radius 2 is 2.18 bits per heavy atom. The summed E-state index contributed by atoms with van der Waals surface area (Å²) in [6.45, 7) is 6.41. The largest absolute Gasteiger partial charge is 0.309 e. The van der Waals surface area contributed by atoms with Gasteiger partial charge in [-0.25, -0.2) is 4.98 Å². The van der Waals surface area contributed by atoms with E-state index in [-0.39, 0.29) is 11.9 Å². The highest BCUT2D eigenvalue weighted by molar-refractivity contribution is 7.09. The van der Waals surface area contributed by atoms with Crippen LogP contribution in [-0.2, 0) is 17.6 Å². The van der Waals surface area contributed by atoms with Crippen molar-refractivity contribution in [2.24, 2.45) is 0 Å². The zero-order chi connectivity index (χ0) is 15.7. The quantitative estimate of drug-likeness (QED) is 0.848. The number of fused-ring (bicyclic) bond motifs is 1. The third-order valence-corrected chi connectivity index (χ3v) is 5.12. The molecule has 3 nitrogen and oxygen atoms in total. The van der Waals surface area contributed by atoms with Gasteiger partial charge in [0.25, 0.3) is 0 Å².